The van der Waals surface area contributed by atoms with Gasteiger partial charge in [-0.15, -0.1) is 0 Å². The zero-order valence-corrected chi connectivity index (χ0v) is 27.4. The van der Waals surface area contributed by atoms with Crippen molar-refractivity contribution in [3.63, 3.8) is 0 Å². The number of anilines is 3. The van der Waals surface area contributed by atoms with E-state index in [1.165, 1.54) is 61.2 Å². The molecule has 1 aliphatic rings. The average molecular weight is 607 g/mol. The van der Waals surface area contributed by atoms with Gasteiger partial charge < -0.3 is 9.47 Å². The summed E-state index contributed by atoms with van der Waals surface area (Å²) in [7, 11) is 0. The monoisotopic (exact) mass is 606 g/mol. The smallest absolute Gasteiger partial charge is 0.0537 e. The summed E-state index contributed by atoms with van der Waals surface area (Å²) in [6.45, 7) is 9.08. The number of aryl methyl sites for hydroxylation is 1. The van der Waals surface area contributed by atoms with Gasteiger partial charge in [-0.05, 0) is 113 Å². The van der Waals surface area contributed by atoms with Crippen molar-refractivity contribution in [3.8, 4) is 27.9 Å². The molecule has 2 nitrogen and oxygen atoms in total. The number of hydrogen-bond donors (Lipinski definition) is 0. The van der Waals surface area contributed by atoms with Gasteiger partial charge in [0.2, 0.25) is 0 Å². The molecule has 0 amide bonds. The number of nitrogens with zero attached hydrogens (tertiary/aromatic N) is 2. The number of aromatic nitrogens is 1. The lowest BCUT2D eigenvalue weighted by molar-refractivity contribution is 0.660. The van der Waals surface area contributed by atoms with E-state index in [2.05, 4.69) is 195 Å². The molecule has 0 saturated carbocycles. The maximum absolute atomic E-state index is 2.42. The Hall–Kier alpha value is -5.60. The van der Waals surface area contributed by atoms with Crippen LogP contribution in [0.1, 0.15) is 43.2 Å². The summed E-state index contributed by atoms with van der Waals surface area (Å²) in [5, 5.41) is 1.30. The Kier molecular flexibility index (Phi) is 6.95. The topological polar surface area (TPSA) is 8.17 Å². The maximum Gasteiger partial charge on any atom is 0.0537 e. The molecule has 0 unspecified atom stereocenters. The molecular weight excluding hydrogens is 569 g/mol. The summed E-state index contributed by atoms with van der Waals surface area (Å²) < 4.78 is 2.42. The Bertz CT molecular complexity index is 2270. The van der Waals surface area contributed by atoms with Gasteiger partial charge in [0, 0.05) is 39.2 Å². The van der Waals surface area contributed by atoms with E-state index in [1.807, 2.05) is 0 Å². The predicted molar refractivity (Wildman–Crippen MR) is 200 cm³/mol. The number of benzene rings is 6. The highest BCUT2D eigenvalue weighted by atomic mass is 15.1. The Morgan fingerprint density at radius 2 is 1.15 bits per heavy atom. The Labute approximate surface area is 277 Å². The number of allylic oxidation sites excluding steroid dienone is 1. The highest BCUT2D eigenvalue weighted by molar-refractivity contribution is 5.91. The van der Waals surface area contributed by atoms with Crippen molar-refractivity contribution in [2.75, 3.05) is 4.90 Å². The molecule has 1 aromatic heterocycles. The highest BCUT2D eigenvalue weighted by Gasteiger charge is 2.36. The molecule has 1 heterocycles. The zero-order chi connectivity index (χ0) is 32.1. The average Bonchev–Trinajstić information content (AvgIpc) is 3.52. The Morgan fingerprint density at radius 3 is 1.87 bits per heavy atom. The van der Waals surface area contributed by atoms with Crippen molar-refractivity contribution >= 4 is 34.0 Å². The molecule has 7 aromatic rings. The summed E-state index contributed by atoms with van der Waals surface area (Å²) in [5.74, 6) is 0. The summed E-state index contributed by atoms with van der Waals surface area (Å²) in [6, 6.07) is 53.0. The van der Waals surface area contributed by atoms with Crippen LogP contribution in [-0.4, -0.2) is 4.57 Å². The number of rotatable bonds is 6. The first-order chi connectivity index (χ1) is 23.0. The molecule has 0 N–H and O–H groups in total. The number of para-hydroxylation sites is 2. The molecule has 0 radical (unpaired) electrons. The van der Waals surface area contributed by atoms with Crippen molar-refractivity contribution < 1.29 is 0 Å². The second kappa shape index (κ2) is 11.3. The molecule has 2 heteroatoms. The van der Waals surface area contributed by atoms with Crippen molar-refractivity contribution in [2.45, 2.75) is 33.1 Å². The van der Waals surface area contributed by atoms with Crippen LogP contribution in [0.3, 0.4) is 0 Å². The van der Waals surface area contributed by atoms with E-state index >= 15 is 0 Å². The van der Waals surface area contributed by atoms with Gasteiger partial charge in [0.1, 0.15) is 0 Å². The van der Waals surface area contributed by atoms with E-state index in [1.54, 1.807) is 0 Å². The van der Waals surface area contributed by atoms with Crippen LogP contribution in [-0.2, 0) is 5.41 Å². The largest absolute Gasteiger partial charge is 0.310 e. The number of hydrogen-bond acceptors (Lipinski definition) is 1. The minimum absolute atomic E-state index is 0.172. The van der Waals surface area contributed by atoms with Gasteiger partial charge in [0.05, 0.1) is 5.52 Å². The van der Waals surface area contributed by atoms with Crippen LogP contribution in [0.25, 0.3) is 44.9 Å². The van der Waals surface area contributed by atoms with Crippen LogP contribution in [0.5, 0.6) is 0 Å². The minimum atomic E-state index is -0.172. The molecule has 0 bridgehead atoms. The lowest BCUT2D eigenvalue weighted by atomic mass is 9.82. The second-order valence-electron chi connectivity index (χ2n) is 13.0. The summed E-state index contributed by atoms with van der Waals surface area (Å²) in [4.78, 5) is 2.37. The molecule has 0 saturated heterocycles. The third-order valence-electron chi connectivity index (χ3n) is 9.91. The first kappa shape index (κ1) is 28.8. The van der Waals surface area contributed by atoms with E-state index in [9.17, 15) is 0 Å². The van der Waals surface area contributed by atoms with E-state index < -0.39 is 0 Å². The van der Waals surface area contributed by atoms with Crippen LogP contribution in [0, 0.1) is 6.92 Å². The summed E-state index contributed by atoms with van der Waals surface area (Å²) >= 11 is 0. The quantitative estimate of drug-likeness (QED) is 0.183. The molecule has 8 rings (SSSR count). The first-order valence-electron chi connectivity index (χ1n) is 16.5. The molecule has 0 aliphatic heterocycles. The molecular formula is C45H38N2. The van der Waals surface area contributed by atoms with Crippen molar-refractivity contribution in [1.29, 1.82) is 0 Å². The van der Waals surface area contributed by atoms with Crippen molar-refractivity contribution in [1.82, 2.24) is 4.57 Å². The molecule has 0 fully saturated rings. The van der Waals surface area contributed by atoms with Gasteiger partial charge in [-0.25, -0.2) is 0 Å². The molecule has 0 spiro atoms. The van der Waals surface area contributed by atoms with E-state index in [4.69, 9.17) is 0 Å². The first-order valence-corrected chi connectivity index (χ1v) is 16.5. The van der Waals surface area contributed by atoms with Gasteiger partial charge in [-0.3, -0.25) is 0 Å². The van der Waals surface area contributed by atoms with Gasteiger partial charge in [-0.1, -0.05) is 111 Å². The maximum atomic E-state index is 2.42. The van der Waals surface area contributed by atoms with E-state index in [0.29, 0.717) is 0 Å². The fraction of sp³-hybridized carbons (Fsp3) is 0.111. The number of fused-ring (bicyclic) bond motifs is 4. The SMILES string of the molecule is C/C=C\c1c(C)c2ccccc2n1-c1ccc2c(c1)C(C)(C)c1cc(N(c3ccccc3)c3ccc(-c4ccccc4)cc3)ccc1-2. The van der Waals surface area contributed by atoms with Crippen LogP contribution in [0.2, 0.25) is 0 Å². The standard InChI is InChI=1S/C45H38N2/c1-5-14-43-31(2)38-19-12-13-20-44(38)47(43)37-26-28-40-39-27-25-36(29-41(39)45(3,4)42(40)30-37)46(34-17-10-7-11-18-34)35-23-21-33(22-24-35)32-15-8-6-9-16-32/h5-30H,1-4H3/b14-5-. The molecule has 0 atom stereocenters. The minimum Gasteiger partial charge on any atom is -0.310 e. The van der Waals surface area contributed by atoms with Crippen LogP contribution < -0.4 is 4.90 Å². The Balaban J connectivity index is 1.23. The van der Waals surface area contributed by atoms with E-state index in [0.717, 1.165) is 17.1 Å². The highest BCUT2D eigenvalue weighted by Crippen LogP contribution is 2.51. The van der Waals surface area contributed by atoms with E-state index in [-0.39, 0.29) is 5.41 Å². The van der Waals surface area contributed by atoms with Crippen LogP contribution in [0.4, 0.5) is 17.1 Å². The molecule has 228 valence electrons. The van der Waals surface area contributed by atoms with Crippen molar-refractivity contribution in [3.05, 3.63) is 174 Å². The third kappa shape index (κ3) is 4.72. The molecule has 1 aliphatic carbocycles. The van der Waals surface area contributed by atoms with Crippen LogP contribution in [0.15, 0.2) is 152 Å². The second-order valence-corrected chi connectivity index (χ2v) is 13.0. The predicted octanol–water partition coefficient (Wildman–Crippen LogP) is 12.4. The van der Waals surface area contributed by atoms with Gasteiger partial charge in [-0.2, -0.15) is 0 Å². The lowest BCUT2D eigenvalue weighted by Gasteiger charge is -2.28. The third-order valence-corrected chi connectivity index (χ3v) is 9.91. The van der Waals surface area contributed by atoms with Gasteiger partial charge in [0.25, 0.3) is 0 Å². The lowest BCUT2D eigenvalue weighted by Crippen LogP contribution is -2.17. The zero-order valence-electron chi connectivity index (χ0n) is 27.4. The van der Waals surface area contributed by atoms with Crippen LogP contribution >= 0.6 is 0 Å². The van der Waals surface area contributed by atoms with Gasteiger partial charge >= 0.3 is 0 Å². The fourth-order valence-corrected chi connectivity index (χ4v) is 7.51. The fourth-order valence-electron chi connectivity index (χ4n) is 7.51. The molecule has 47 heavy (non-hydrogen) atoms. The normalized spacial score (nSPS) is 13.2. The summed E-state index contributed by atoms with van der Waals surface area (Å²) in [6.07, 6.45) is 4.37. The Morgan fingerprint density at radius 1 is 0.574 bits per heavy atom. The van der Waals surface area contributed by atoms with Crippen molar-refractivity contribution in [2.24, 2.45) is 0 Å². The van der Waals surface area contributed by atoms with Gasteiger partial charge in [0.15, 0.2) is 0 Å². The summed E-state index contributed by atoms with van der Waals surface area (Å²) in [5.41, 5.74) is 16.0. The molecule has 6 aromatic carbocycles.